The molecule has 0 aliphatic carbocycles. The van der Waals surface area contributed by atoms with Crippen molar-refractivity contribution in [2.24, 2.45) is 0 Å². The van der Waals surface area contributed by atoms with Gasteiger partial charge in [0, 0.05) is 9.77 Å². The normalized spacial score (nSPS) is 11.3. The lowest BCUT2D eigenvalue weighted by Crippen LogP contribution is -2.17. The van der Waals surface area contributed by atoms with E-state index >= 15 is 0 Å². The van der Waals surface area contributed by atoms with Crippen LogP contribution in [0, 0.1) is 3.57 Å². The van der Waals surface area contributed by atoms with E-state index < -0.39 is 10.0 Å². The van der Waals surface area contributed by atoms with Crippen molar-refractivity contribution in [2.75, 3.05) is 10.5 Å². The summed E-state index contributed by atoms with van der Waals surface area (Å²) < 4.78 is 26.4. The van der Waals surface area contributed by atoms with E-state index in [0.29, 0.717) is 12.2 Å². The molecule has 1 N–H and O–H groups in total. The third-order valence-electron chi connectivity index (χ3n) is 1.75. The first-order valence-corrected chi connectivity index (χ1v) is 7.38. The third kappa shape index (κ3) is 4.78. The molecule has 1 rings (SSSR count). The van der Waals surface area contributed by atoms with Crippen LogP contribution in [0.1, 0.15) is 19.8 Å². The fourth-order valence-corrected chi connectivity index (χ4v) is 2.51. The first kappa shape index (κ1) is 12.7. The van der Waals surface area contributed by atoms with Crippen molar-refractivity contribution in [1.82, 2.24) is 4.98 Å². The Kier molecular flexibility index (Phi) is 4.78. The molecule has 0 aliphatic heterocycles. The highest BCUT2D eigenvalue weighted by molar-refractivity contribution is 14.1. The molecule has 0 saturated heterocycles. The SMILES string of the molecule is CCCCS(=O)(=O)Nc1ccc(I)cn1. The summed E-state index contributed by atoms with van der Waals surface area (Å²) in [4.78, 5) is 3.97. The Morgan fingerprint density at radius 1 is 1.47 bits per heavy atom. The van der Waals surface area contributed by atoms with E-state index in [1.54, 1.807) is 12.3 Å². The molecule has 4 nitrogen and oxygen atoms in total. The van der Waals surface area contributed by atoms with Gasteiger partial charge in [-0.3, -0.25) is 4.72 Å². The van der Waals surface area contributed by atoms with Gasteiger partial charge in [0.1, 0.15) is 5.82 Å². The van der Waals surface area contributed by atoms with Gasteiger partial charge in [-0.1, -0.05) is 13.3 Å². The van der Waals surface area contributed by atoms with Crippen LogP contribution in [0.2, 0.25) is 0 Å². The van der Waals surface area contributed by atoms with Crippen molar-refractivity contribution < 1.29 is 8.42 Å². The van der Waals surface area contributed by atoms with E-state index in [0.717, 1.165) is 9.99 Å². The van der Waals surface area contributed by atoms with Crippen molar-refractivity contribution in [3.05, 3.63) is 21.9 Å². The van der Waals surface area contributed by atoms with Crippen LogP contribution in [0.5, 0.6) is 0 Å². The number of sulfonamides is 1. The molecule has 84 valence electrons. The summed E-state index contributed by atoms with van der Waals surface area (Å²) in [5.74, 6) is 0.531. The Morgan fingerprint density at radius 2 is 2.20 bits per heavy atom. The molecule has 6 heteroatoms. The molecule has 0 spiro atoms. The zero-order valence-electron chi connectivity index (χ0n) is 8.40. The lowest BCUT2D eigenvalue weighted by molar-refractivity contribution is 0.597. The van der Waals surface area contributed by atoms with E-state index in [2.05, 4.69) is 32.3 Å². The molecule has 0 radical (unpaired) electrons. The smallest absolute Gasteiger partial charge is 0.233 e. The van der Waals surface area contributed by atoms with Crippen molar-refractivity contribution in [2.45, 2.75) is 19.8 Å². The predicted molar refractivity (Wildman–Crippen MR) is 69.3 cm³/mol. The van der Waals surface area contributed by atoms with Gasteiger partial charge in [0.2, 0.25) is 10.0 Å². The van der Waals surface area contributed by atoms with Gasteiger partial charge in [0.25, 0.3) is 0 Å². The van der Waals surface area contributed by atoms with Gasteiger partial charge in [0.15, 0.2) is 0 Å². The first-order chi connectivity index (χ1) is 7.03. The molecular formula is C9H13IN2O2S. The number of pyridine rings is 1. The summed E-state index contributed by atoms with van der Waals surface area (Å²) in [6, 6.07) is 3.47. The Balaban J connectivity index is 2.65. The lowest BCUT2D eigenvalue weighted by Gasteiger charge is -2.06. The highest BCUT2D eigenvalue weighted by Crippen LogP contribution is 2.09. The van der Waals surface area contributed by atoms with Gasteiger partial charge in [-0.25, -0.2) is 13.4 Å². The van der Waals surface area contributed by atoms with Gasteiger partial charge < -0.3 is 0 Å². The number of nitrogens with one attached hydrogen (secondary N) is 1. The summed E-state index contributed by atoms with van der Waals surface area (Å²) in [5, 5.41) is 0. The largest absolute Gasteiger partial charge is 0.267 e. The topological polar surface area (TPSA) is 59.1 Å². The second-order valence-electron chi connectivity index (χ2n) is 3.14. The fraction of sp³-hybridized carbons (Fsp3) is 0.444. The van der Waals surface area contributed by atoms with Crippen LogP contribution in [-0.4, -0.2) is 19.2 Å². The molecule has 0 bridgehead atoms. The summed E-state index contributed by atoms with van der Waals surface area (Å²) in [7, 11) is -3.22. The minimum Gasteiger partial charge on any atom is -0.267 e. The highest BCUT2D eigenvalue weighted by Gasteiger charge is 2.09. The average Bonchev–Trinajstić information content (AvgIpc) is 2.18. The zero-order chi connectivity index (χ0) is 11.3. The maximum Gasteiger partial charge on any atom is 0.233 e. The molecular weight excluding hydrogens is 327 g/mol. The van der Waals surface area contributed by atoms with Crippen LogP contribution in [0.3, 0.4) is 0 Å². The monoisotopic (exact) mass is 340 g/mol. The van der Waals surface area contributed by atoms with Gasteiger partial charge in [-0.2, -0.15) is 0 Å². The Hall–Kier alpha value is -0.370. The number of hydrogen-bond acceptors (Lipinski definition) is 3. The zero-order valence-corrected chi connectivity index (χ0v) is 11.4. The molecule has 0 amide bonds. The van der Waals surface area contributed by atoms with Gasteiger partial charge in [0.05, 0.1) is 5.75 Å². The van der Waals surface area contributed by atoms with Gasteiger partial charge in [-0.05, 0) is 41.1 Å². The number of unbranched alkanes of at least 4 members (excludes halogenated alkanes) is 1. The van der Waals surface area contributed by atoms with Crippen LogP contribution < -0.4 is 4.72 Å². The summed E-state index contributed by atoms with van der Waals surface area (Å²) >= 11 is 2.12. The quantitative estimate of drug-likeness (QED) is 0.837. The van der Waals surface area contributed by atoms with Gasteiger partial charge in [-0.15, -0.1) is 0 Å². The van der Waals surface area contributed by atoms with Crippen LogP contribution in [0.4, 0.5) is 5.82 Å². The molecule has 1 aromatic heterocycles. The summed E-state index contributed by atoms with van der Waals surface area (Å²) in [6.07, 6.45) is 3.15. The Labute approximate surface area is 104 Å². The molecule has 1 aromatic rings. The number of halogens is 1. The van der Waals surface area contributed by atoms with Crippen molar-refractivity contribution >= 4 is 38.4 Å². The Morgan fingerprint density at radius 3 is 2.73 bits per heavy atom. The van der Waals surface area contributed by atoms with Crippen molar-refractivity contribution in [3.8, 4) is 0 Å². The standard InChI is InChI=1S/C9H13IN2O2S/c1-2-3-6-15(13,14)12-9-5-4-8(10)7-11-9/h4-5,7H,2-3,6H2,1H3,(H,11,12). The maximum atomic E-state index is 11.5. The van der Waals surface area contributed by atoms with Gasteiger partial charge >= 0.3 is 0 Å². The lowest BCUT2D eigenvalue weighted by atomic mass is 10.4. The van der Waals surface area contributed by atoms with Crippen molar-refractivity contribution in [3.63, 3.8) is 0 Å². The van der Waals surface area contributed by atoms with Crippen LogP contribution in [0.25, 0.3) is 0 Å². The molecule has 15 heavy (non-hydrogen) atoms. The van der Waals surface area contributed by atoms with Crippen LogP contribution >= 0.6 is 22.6 Å². The van der Waals surface area contributed by atoms with E-state index in [1.165, 1.54) is 0 Å². The van der Waals surface area contributed by atoms with E-state index in [9.17, 15) is 8.42 Å². The second-order valence-corrected chi connectivity index (χ2v) is 6.22. The molecule has 0 unspecified atom stereocenters. The first-order valence-electron chi connectivity index (χ1n) is 4.65. The molecule has 1 heterocycles. The second kappa shape index (κ2) is 5.64. The third-order valence-corrected chi connectivity index (χ3v) is 3.74. The van der Waals surface area contributed by atoms with E-state index in [4.69, 9.17) is 0 Å². The number of aromatic nitrogens is 1. The molecule has 0 saturated carbocycles. The van der Waals surface area contributed by atoms with Crippen LogP contribution in [-0.2, 0) is 10.0 Å². The summed E-state index contributed by atoms with van der Waals surface area (Å²) in [5.41, 5.74) is 0. The maximum absolute atomic E-state index is 11.5. The average molecular weight is 340 g/mol. The Bertz CT molecular complexity index is 403. The number of nitrogens with zero attached hydrogens (tertiary/aromatic N) is 1. The molecule has 0 atom stereocenters. The minimum absolute atomic E-state index is 0.150. The van der Waals surface area contributed by atoms with E-state index in [1.807, 2.05) is 13.0 Å². The fourth-order valence-electron chi connectivity index (χ4n) is 0.981. The molecule has 0 aromatic carbocycles. The number of anilines is 1. The number of hydrogen-bond donors (Lipinski definition) is 1. The molecule has 0 fully saturated rings. The molecule has 0 aliphatic rings. The van der Waals surface area contributed by atoms with Crippen LogP contribution in [0.15, 0.2) is 18.3 Å². The minimum atomic E-state index is -3.22. The highest BCUT2D eigenvalue weighted by atomic mass is 127. The summed E-state index contributed by atoms with van der Waals surface area (Å²) in [6.45, 7) is 1.96. The van der Waals surface area contributed by atoms with Crippen molar-refractivity contribution in [1.29, 1.82) is 0 Å². The number of rotatable bonds is 5. The van der Waals surface area contributed by atoms with E-state index in [-0.39, 0.29) is 5.75 Å². The predicted octanol–water partition coefficient (Wildman–Crippen LogP) is 2.23.